The van der Waals surface area contributed by atoms with E-state index in [4.69, 9.17) is 11.6 Å². The molecule has 0 spiro atoms. The van der Waals surface area contributed by atoms with Crippen LogP contribution in [0.2, 0.25) is 5.02 Å². The Morgan fingerprint density at radius 1 is 1.13 bits per heavy atom. The van der Waals surface area contributed by atoms with E-state index in [0.717, 1.165) is 15.4 Å². The molecule has 1 heterocycles. The third-order valence-electron chi connectivity index (χ3n) is 4.10. The van der Waals surface area contributed by atoms with Gasteiger partial charge in [-0.25, -0.2) is 13.8 Å². The molecule has 1 amide bonds. The Kier molecular flexibility index (Phi) is 6.81. The summed E-state index contributed by atoms with van der Waals surface area (Å²) in [6.45, 7) is 1.39. The second-order valence-electron chi connectivity index (χ2n) is 6.38. The number of anilines is 1. The second kappa shape index (κ2) is 9.51. The molecule has 154 valence electrons. The number of benzene rings is 2. The van der Waals surface area contributed by atoms with E-state index in [1.807, 2.05) is 6.92 Å². The normalized spacial score (nSPS) is 11.4. The van der Waals surface area contributed by atoms with Gasteiger partial charge in [0, 0.05) is 17.4 Å². The van der Waals surface area contributed by atoms with E-state index < -0.39 is 22.5 Å². The highest BCUT2D eigenvalue weighted by Crippen LogP contribution is 2.26. The van der Waals surface area contributed by atoms with Crippen molar-refractivity contribution >= 4 is 39.4 Å². The monoisotopic (exact) mass is 442 g/mol. The number of amides is 1. The number of sulfonamides is 1. The van der Waals surface area contributed by atoms with Gasteiger partial charge >= 0.3 is 0 Å². The van der Waals surface area contributed by atoms with Crippen molar-refractivity contribution in [3.63, 3.8) is 0 Å². The summed E-state index contributed by atoms with van der Waals surface area (Å²) in [5, 5.41) is 4.23. The summed E-state index contributed by atoms with van der Waals surface area (Å²) >= 11 is 6.04. The minimum atomic E-state index is -4.01. The smallest absolute Gasteiger partial charge is 0.264 e. The Labute approximate surface area is 180 Å². The van der Waals surface area contributed by atoms with Gasteiger partial charge in [-0.15, -0.1) is 0 Å². The van der Waals surface area contributed by atoms with E-state index in [2.05, 4.69) is 15.5 Å². The molecule has 0 aliphatic rings. The van der Waals surface area contributed by atoms with Crippen LogP contribution >= 0.6 is 11.6 Å². The maximum absolute atomic E-state index is 13.2. The van der Waals surface area contributed by atoms with E-state index in [1.165, 1.54) is 24.4 Å². The molecule has 30 heavy (non-hydrogen) atoms. The quantitative estimate of drug-likeness (QED) is 0.448. The Balaban J connectivity index is 1.85. The van der Waals surface area contributed by atoms with E-state index >= 15 is 0 Å². The number of hydrogen-bond acceptors (Lipinski definition) is 5. The number of halogens is 1. The third kappa shape index (κ3) is 5.43. The van der Waals surface area contributed by atoms with Gasteiger partial charge in [0.1, 0.15) is 6.54 Å². The van der Waals surface area contributed by atoms with Crippen LogP contribution in [-0.2, 0) is 14.8 Å². The van der Waals surface area contributed by atoms with Gasteiger partial charge in [0.05, 0.1) is 16.8 Å². The van der Waals surface area contributed by atoms with Crippen LogP contribution < -0.4 is 9.73 Å². The number of carbonyl (C=O) groups is 1. The van der Waals surface area contributed by atoms with Crippen molar-refractivity contribution in [1.82, 2.24) is 10.4 Å². The molecule has 0 saturated carbocycles. The van der Waals surface area contributed by atoms with Crippen molar-refractivity contribution in [3.8, 4) is 0 Å². The minimum Gasteiger partial charge on any atom is -0.271 e. The zero-order chi connectivity index (χ0) is 21.6. The highest BCUT2D eigenvalue weighted by molar-refractivity contribution is 7.92. The lowest BCUT2D eigenvalue weighted by Crippen LogP contribution is -2.39. The molecule has 0 saturated heterocycles. The highest BCUT2D eigenvalue weighted by Gasteiger charge is 2.27. The lowest BCUT2D eigenvalue weighted by atomic mass is 10.2. The van der Waals surface area contributed by atoms with E-state index in [9.17, 15) is 13.2 Å². The number of rotatable bonds is 7. The van der Waals surface area contributed by atoms with Gasteiger partial charge in [-0.3, -0.25) is 14.1 Å². The van der Waals surface area contributed by atoms with Gasteiger partial charge < -0.3 is 0 Å². The number of nitrogens with zero attached hydrogens (tertiary/aromatic N) is 3. The summed E-state index contributed by atoms with van der Waals surface area (Å²) in [7, 11) is -4.01. The maximum atomic E-state index is 13.2. The molecular formula is C21H19ClN4O3S. The Hall–Kier alpha value is -3.23. The van der Waals surface area contributed by atoms with Crippen LogP contribution in [0.4, 0.5) is 5.69 Å². The van der Waals surface area contributed by atoms with Crippen molar-refractivity contribution in [2.45, 2.75) is 11.8 Å². The predicted octanol–water partition coefficient (Wildman–Crippen LogP) is 3.39. The molecular weight excluding hydrogens is 424 g/mol. The fraction of sp³-hybridized carbons (Fsp3) is 0.0952. The number of aromatic nitrogens is 1. The average Bonchev–Trinajstić information content (AvgIpc) is 2.73. The summed E-state index contributed by atoms with van der Waals surface area (Å²) in [4.78, 5) is 16.4. The highest BCUT2D eigenvalue weighted by atomic mass is 35.5. The van der Waals surface area contributed by atoms with Crippen molar-refractivity contribution in [3.05, 3.63) is 89.2 Å². The minimum absolute atomic E-state index is 0.0705. The molecule has 0 radical (unpaired) electrons. The van der Waals surface area contributed by atoms with Crippen molar-refractivity contribution in [2.75, 3.05) is 10.8 Å². The molecule has 3 aromatic rings. The maximum Gasteiger partial charge on any atom is 0.264 e. The van der Waals surface area contributed by atoms with Gasteiger partial charge in [0.2, 0.25) is 0 Å². The first-order valence-corrected chi connectivity index (χ1v) is 10.7. The lowest BCUT2D eigenvalue weighted by Gasteiger charge is -2.24. The summed E-state index contributed by atoms with van der Waals surface area (Å²) in [6, 6.07) is 16.1. The molecule has 3 rings (SSSR count). The number of hydrogen-bond donors (Lipinski definition) is 1. The first-order valence-electron chi connectivity index (χ1n) is 8.93. The summed E-state index contributed by atoms with van der Waals surface area (Å²) in [6.07, 6.45) is 4.63. The average molecular weight is 443 g/mol. The van der Waals surface area contributed by atoms with Gasteiger partial charge in [-0.1, -0.05) is 35.4 Å². The second-order valence-corrected chi connectivity index (χ2v) is 8.68. The van der Waals surface area contributed by atoms with Crippen molar-refractivity contribution < 1.29 is 13.2 Å². The zero-order valence-electron chi connectivity index (χ0n) is 16.1. The van der Waals surface area contributed by atoms with Gasteiger partial charge in [-0.05, 0) is 55.0 Å². The standard InChI is InChI=1S/C21H19ClN4O3S/c1-16-5-7-20(8-6-16)30(28,29)26(19-4-2-3-18(22)13-19)15-21(27)25-24-14-17-9-11-23-12-10-17/h2-14H,15H2,1H3,(H,25,27)/b24-14-. The first kappa shape index (κ1) is 21.5. The summed E-state index contributed by atoms with van der Waals surface area (Å²) in [5.41, 5.74) is 4.29. The number of pyridine rings is 1. The van der Waals surface area contributed by atoms with Crippen LogP contribution in [0, 0.1) is 6.92 Å². The number of nitrogens with one attached hydrogen (secondary N) is 1. The molecule has 0 atom stereocenters. The van der Waals surface area contributed by atoms with Gasteiger partial charge in [0.25, 0.3) is 15.9 Å². The molecule has 9 heteroatoms. The Morgan fingerprint density at radius 2 is 1.83 bits per heavy atom. The number of hydrazone groups is 1. The van der Waals surface area contributed by atoms with Crippen LogP contribution in [0.15, 0.2) is 83.1 Å². The largest absolute Gasteiger partial charge is 0.271 e. The number of aryl methyl sites for hydroxylation is 1. The van der Waals surface area contributed by atoms with Crippen molar-refractivity contribution in [1.29, 1.82) is 0 Å². The summed E-state index contributed by atoms with van der Waals surface area (Å²) < 4.78 is 27.5. The molecule has 0 aliphatic heterocycles. The Bertz CT molecular complexity index is 1150. The number of carbonyl (C=O) groups excluding carboxylic acids is 1. The van der Waals surface area contributed by atoms with Crippen molar-refractivity contribution in [2.24, 2.45) is 5.10 Å². The van der Waals surface area contributed by atoms with E-state index in [0.29, 0.717) is 5.02 Å². The third-order valence-corrected chi connectivity index (χ3v) is 6.12. The van der Waals surface area contributed by atoms with Crippen LogP contribution in [0.25, 0.3) is 0 Å². The fourth-order valence-corrected chi connectivity index (χ4v) is 4.18. The molecule has 0 aliphatic carbocycles. The van der Waals surface area contributed by atoms with Crippen LogP contribution in [0.1, 0.15) is 11.1 Å². The SMILES string of the molecule is Cc1ccc(S(=O)(=O)N(CC(=O)N/N=C\c2ccncc2)c2cccc(Cl)c2)cc1. The van der Waals surface area contributed by atoms with Gasteiger partial charge in [0.15, 0.2) is 0 Å². The molecule has 0 fully saturated rings. The molecule has 7 nitrogen and oxygen atoms in total. The van der Waals surface area contributed by atoms with Gasteiger partial charge in [-0.2, -0.15) is 5.10 Å². The molecule has 0 unspecified atom stereocenters. The van der Waals surface area contributed by atoms with Crippen LogP contribution in [0.5, 0.6) is 0 Å². The lowest BCUT2D eigenvalue weighted by molar-refractivity contribution is -0.119. The fourth-order valence-electron chi connectivity index (χ4n) is 2.58. The summed E-state index contributed by atoms with van der Waals surface area (Å²) in [5.74, 6) is -0.601. The zero-order valence-corrected chi connectivity index (χ0v) is 17.6. The Morgan fingerprint density at radius 3 is 2.50 bits per heavy atom. The predicted molar refractivity (Wildman–Crippen MR) is 117 cm³/mol. The molecule has 1 N–H and O–H groups in total. The van der Waals surface area contributed by atoms with Crippen LogP contribution in [-0.4, -0.2) is 32.1 Å². The molecule has 1 aromatic heterocycles. The van der Waals surface area contributed by atoms with Crippen LogP contribution in [0.3, 0.4) is 0 Å². The topological polar surface area (TPSA) is 91.7 Å². The molecule has 0 bridgehead atoms. The van der Waals surface area contributed by atoms with E-state index in [1.54, 1.807) is 54.9 Å². The first-order chi connectivity index (χ1) is 14.4. The van der Waals surface area contributed by atoms with E-state index in [-0.39, 0.29) is 10.6 Å². The molecule has 2 aromatic carbocycles.